The average Bonchev–Trinajstić information content (AvgIpc) is 2.29. The Bertz CT molecular complexity index is 172. The fraction of sp³-hybridized carbons (Fsp3) is 0.917. The molecule has 0 aromatic carbocycles. The van der Waals surface area contributed by atoms with Crippen LogP contribution in [0.25, 0.3) is 0 Å². The van der Waals surface area contributed by atoms with Gasteiger partial charge in [-0.1, -0.05) is 39.5 Å². The third-order valence-electron chi connectivity index (χ3n) is 2.97. The van der Waals surface area contributed by atoms with Crippen molar-refractivity contribution in [1.82, 2.24) is 5.32 Å². The molecule has 0 saturated heterocycles. The summed E-state index contributed by atoms with van der Waals surface area (Å²) in [6, 6.07) is 0. The molecule has 0 heterocycles. The number of rotatable bonds is 8. The Morgan fingerprint density at radius 3 is 1.93 bits per heavy atom. The highest BCUT2D eigenvalue weighted by molar-refractivity contribution is 5.80. The summed E-state index contributed by atoms with van der Waals surface area (Å²) >= 11 is 0. The van der Waals surface area contributed by atoms with Gasteiger partial charge in [0.05, 0.1) is 7.11 Å². The maximum atomic E-state index is 11.8. The van der Waals surface area contributed by atoms with Crippen molar-refractivity contribution in [2.45, 2.75) is 57.9 Å². The van der Waals surface area contributed by atoms with Gasteiger partial charge in [-0.15, -0.1) is 0 Å². The van der Waals surface area contributed by atoms with E-state index in [4.69, 9.17) is 4.74 Å². The zero-order valence-corrected chi connectivity index (χ0v) is 10.6. The monoisotopic (exact) mass is 215 g/mol. The van der Waals surface area contributed by atoms with E-state index in [0.717, 1.165) is 38.5 Å². The van der Waals surface area contributed by atoms with Gasteiger partial charge in [-0.2, -0.15) is 0 Å². The second kappa shape index (κ2) is 7.69. The van der Waals surface area contributed by atoms with Crippen LogP contribution in [0.4, 0.5) is 0 Å². The van der Waals surface area contributed by atoms with Gasteiger partial charge in [0, 0.05) is 0 Å². The summed E-state index contributed by atoms with van der Waals surface area (Å²) in [7, 11) is 3.31. The van der Waals surface area contributed by atoms with Crippen LogP contribution in [0.1, 0.15) is 52.4 Å². The molecule has 15 heavy (non-hydrogen) atoms. The lowest BCUT2D eigenvalue weighted by molar-refractivity contribution is -0.149. The molecule has 90 valence electrons. The topological polar surface area (TPSA) is 38.3 Å². The van der Waals surface area contributed by atoms with Crippen LogP contribution in [0, 0.1) is 0 Å². The van der Waals surface area contributed by atoms with Crippen molar-refractivity contribution in [3.05, 3.63) is 0 Å². The highest BCUT2D eigenvalue weighted by Crippen LogP contribution is 2.22. The summed E-state index contributed by atoms with van der Waals surface area (Å²) in [4.78, 5) is 11.8. The summed E-state index contributed by atoms with van der Waals surface area (Å²) in [5, 5.41) is 3.16. The standard InChI is InChI=1S/C12H25NO2/c1-5-7-9-12(13-3,10-8-6-2)11(14)15-4/h13H,5-10H2,1-4H3. The van der Waals surface area contributed by atoms with E-state index in [1.807, 2.05) is 7.05 Å². The van der Waals surface area contributed by atoms with Gasteiger partial charge in [0.1, 0.15) is 5.54 Å². The maximum Gasteiger partial charge on any atom is 0.326 e. The van der Waals surface area contributed by atoms with E-state index < -0.39 is 5.54 Å². The molecule has 0 bridgehead atoms. The van der Waals surface area contributed by atoms with Gasteiger partial charge < -0.3 is 10.1 Å². The van der Waals surface area contributed by atoms with Crippen LogP contribution in [0.2, 0.25) is 0 Å². The van der Waals surface area contributed by atoms with Gasteiger partial charge in [-0.25, -0.2) is 0 Å². The van der Waals surface area contributed by atoms with Gasteiger partial charge >= 0.3 is 5.97 Å². The highest BCUT2D eigenvalue weighted by atomic mass is 16.5. The Morgan fingerprint density at radius 2 is 1.67 bits per heavy atom. The van der Waals surface area contributed by atoms with Crippen LogP contribution in [0.3, 0.4) is 0 Å². The van der Waals surface area contributed by atoms with Gasteiger partial charge in [-0.05, 0) is 19.9 Å². The quantitative estimate of drug-likeness (QED) is 0.632. The molecule has 0 aromatic heterocycles. The van der Waals surface area contributed by atoms with Crippen LogP contribution in [0.5, 0.6) is 0 Å². The second-order valence-electron chi connectivity index (χ2n) is 4.03. The van der Waals surface area contributed by atoms with Gasteiger partial charge in [0.25, 0.3) is 0 Å². The molecule has 0 radical (unpaired) electrons. The fourth-order valence-electron chi connectivity index (χ4n) is 1.83. The molecule has 1 N–H and O–H groups in total. The molecule has 3 heteroatoms. The smallest absolute Gasteiger partial charge is 0.326 e. The number of hydrogen-bond acceptors (Lipinski definition) is 3. The minimum atomic E-state index is -0.458. The second-order valence-corrected chi connectivity index (χ2v) is 4.03. The van der Waals surface area contributed by atoms with E-state index in [0.29, 0.717) is 0 Å². The molecule has 0 aliphatic rings. The number of ether oxygens (including phenoxy) is 1. The number of methoxy groups -OCH3 is 1. The zero-order valence-electron chi connectivity index (χ0n) is 10.6. The third kappa shape index (κ3) is 4.20. The Hall–Kier alpha value is -0.570. The molecule has 0 aliphatic carbocycles. The fourth-order valence-corrected chi connectivity index (χ4v) is 1.83. The van der Waals surface area contributed by atoms with E-state index in [1.54, 1.807) is 0 Å². The Labute approximate surface area is 93.6 Å². The largest absolute Gasteiger partial charge is 0.468 e. The SMILES string of the molecule is CCCCC(CCCC)(NC)C(=O)OC. The maximum absolute atomic E-state index is 11.8. The first-order valence-corrected chi connectivity index (χ1v) is 5.94. The lowest BCUT2D eigenvalue weighted by Crippen LogP contribution is -2.51. The predicted octanol–water partition coefficient (Wildman–Crippen LogP) is 2.50. The minimum Gasteiger partial charge on any atom is -0.468 e. The number of hydrogen-bond donors (Lipinski definition) is 1. The first-order chi connectivity index (χ1) is 7.16. The lowest BCUT2D eigenvalue weighted by atomic mass is 9.87. The van der Waals surface area contributed by atoms with Crippen molar-refractivity contribution in [3.63, 3.8) is 0 Å². The Balaban J connectivity index is 4.51. The van der Waals surface area contributed by atoms with Crippen LogP contribution in [0.15, 0.2) is 0 Å². The van der Waals surface area contributed by atoms with Crippen molar-refractivity contribution in [2.24, 2.45) is 0 Å². The van der Waals surface area contributed by atoms with Gasteiger partial charge in [0.2, 0.25) is 0 Å². The Kier molecular flexibility index (Phi) is 7.39. The minimum absolute atomic E-state index is 0.119. The highest BCUT2D eigenvalue weighted by Gasteiger charge is 2.36. The molecule has 3 nitrogen and oxygen atoms in total. The van der Waals surface area contributed by atoms with Crippen molar-refractivity contribution in [1.29, 1.82) is 0 Å². The molecular weight excluding hydrogens is 190 g/mol. The third-order valence-corrected chi connectivity index (χ3v) is 2.97. The van der Waals surface area contributed by atoms with Crippen molar-refractivity contribution < 1.29 is 9.53 Å². The van der Waals surface area contributed by atoms with E-state index in [9.17, 15) is 4.79 Å². The number of likely N-dealkylation sites (N-methyl/N-ethyl adjacent to an activating group) is 1. The first kappa shape index (κ1) is 14.4. The van der Waals surface area contributed by atoms with E-state index in [1.165, 1.54) is 7.11 Å². The summed E-state index contributed by atoms with van der Waals surface area (Å²) in [6.07, 6.45) is 6.05. The van der Waals surface area contributed by atoms with Crippen LogP contribution < -0.4 is 5.32 Å². The van der Waals surface area contributed by atoms with E-state index in [-0.39, 0.29) is 5.97 Å². The molecule has 0 amide bonds. The summed E-state index contributed by atoms with van der Waals surface area (Å²) in [5.74, 6) is -0.119. The molecule has 0 saturated carbocycles. The summed E-state index contributed by atoms with van der Waals surface area (Å²) in [5.41, 5.74) is -0.458. The summed E-state index contributed by atoms with van der Waals surface area (Å²) < 4.78 is 4.90. The van der Waals surface area contributed by atoms with Crippen molar-refractivity contribution in [3.8, 4) is 0 Å². The van der Waals surface area contributed by atoms with E-state index in [2.05, 4.69) is 19.2 Å². The number of unbranched alkanes of at least 4 members (excludes halogenated alkanes) is 2. The molecule has 0 atom stereocenters. The van der Waals surface area contributed by atoms with Crippen LogP contribution in [-0.4, -0.2) is 25.7 Å². The molecule has 0 fully saturated rings. The molecular formula is C12H25NO2. The average molecular weight is 215 g/mol. The zero-order chi connectivity index (χ0) is 11.7. The molecule has 0 rings (SSSR count). The normalized spacial score (nSPS) is 11.5. The Morgan fingerprint density at radius 1 is 1.20 bits per heavy atom. The first-order valence-electron chi connectivity index (χ1n) is 5.94. The summed E-state index contributed by atoms with van der Waals surface area (Å²) in [6.45, 7) is 4.27. The molecule has 0 unspecified atom stereocenters. The number of nitrogens with one attached hydrogen (secondary N) is 1. The van der Waals surface area contributed by atoms with Crippen molar-refractivity contribution >= 4 is 5.97 Å². The van der Waals surface area contributed by atoms with Gasteiger partial charge in [0.15, 0.2) is 0 Å². The van der Waals surface area contributed by atoms with Crippen molar-refractivity contribution in [2.75, 3.05) is 14.2 Å². The van der Waals surface area contributed by atoms with Crippen LogP contribution >= 0.6 is 0 Å². The number of carbonyl (C=O) groups excluding carboxylic acids is 1. The van der Waals surface area contributed by atoms with Crippen LogP contribution in [-0.2, 0) is 9.53 Å². The molecule has 0 aromatic rings. The molecule has 0 aliphatic heterocycles. The predicted molar refractivity (Wildman–Crippen MR) is 62.9 cm³/mol. The van der Waals surface area contributed by atoms with E-state index >= 15 is 0 Å². The lowest BCUT2D eigenvalue weighted by Gasteiger charge is -2.30. The number of esters is 1. The van der Waals surface area contributed by atoms with Gasteiger partial charge in [-0.3, -0.25) is 4.79 Å². The number of carbonyl (C=O) groups is 1. The molecule has 0 spiro atoms.